The number of carbonyl (C=O) groups is 3. The molecular weight excluding hydrogens is 374 g/mol. The first-order valence-corrected chi connectivity index (χ1v) is 10.1. The Labute approximate surface area is 168 Å². The average Bonchev–Trinajstić information content (AvgIpc) is 2.85. The number of fused-ring (bicyclic) bond motifs is 1. The van der Waals surface area contributed by atoms with Crippen LogP contribution in [0.4, 0.5) is 5.00 Å². The van der Waals surface area contributed by atoms with Gasteiger partial charge in [-0.15, -0.1) is 11.3 Å². The second-order valence-corrected chi connectivity index (χ2v) is 7.74. The Morgan fingerprint density at radius 2 is 1.75 bits per heavy atom. The van der Waals surface area contributed by atoms with Crippen molar-refractivity contribution in [1.82, 2.24) is 10.9 Å². The lowest BCUT2D eigenvalue weighted by atomic mass is 10.1. The highest BCUT2D eigenvalue weighted by Crippen LogP contribution is 2.37. The molecule has 1 heterocycles. The molecule has 0 bridgehead atoms. The standard InChI is InChI=1S/C21H23N3O3S/c1-14(25)23-24-20(27)19-16-10-6-3-7-11-17(16)28-21(19)22-18(26)13-12-15-8-4-2-5-9-15/h2,4-5,8-9,12-13H,3,6-7,10-11H2,1H3,(H,22,26)(H,23,25)(H,24,27)/b13-12+. The molecule has 0 saturated carbocycles. The van der Waals surface area contributed by atoms with Gasteiger partial charge in [0.05, 0.1) is 5.56 Å². The van der Waals surface area contributed by atoms with E-state index in [0.717, 1.165) is 48.1 Å². The summed E-state index contributed by atoms with van der Waals surface area (Å²) >= 11 is 1.45. The topological polar surface area (TPSA) is 87.3 Å². The number of amides is 3. The summed E-state index contributed by atoms with van der Waals surface area (Å²) in [7, 11) is 0. The summed E-state index contributed by atoms with van der Waals surface area (Å²) in [5.41, 5.74) is 7.10. The highest BCUT2D eigenvalue weighted by Gasteiger charge is 2.25. The lowest BCUT2D eigenvalue weighted by Gasteiger charge is -2.09. The van der Waals surface area contributed by atoms with Gasteiger partial charge in [-0.05, 0) is 42.9 Å². The first-order chi connectivity index (χ1) is 13.5. The maximum absolute atomic E-state index is 12.7. The maximum Gasteiger partial charge on any atom is 0.272 e. The molecule has 0 saturated heterocycles. The smallest absolute Gasteiger partial charge is 0.272 e. The molecule has 7 heteroatoms. The Morgan fingerprint density at radius 1 is 1.00 bits per heavy atom. The molecule has 0 unspecified atom stereocenters. The number of anilines is 1. The maximum atomic E-state index is 12.7. The highest BCUT2D eigenvalue weighted by molar-refractivity contribution is 7.17. The van der Waals surface area contributed by atoms with Gasteiger partial charge >= 0.3 is 0 Å². The van der Waals surface area contributed by atoms with Crippen molar-refractivity contribution in [2.45, 2.75) is 39.0 Å². The minimum absolute atomic E-state index is 0.297. The Morgan fingerprint density at radius 3 is 2.50 bits per heavy atom. The third kappa shape index (κ3) is 5.07. The number of rotatable bonds is 4. The van der Waals surface area contributed by atoms with E-state index in [4.69, 9.17) is 0 Å². The molecule has 1 aromatic heterocycles. The molecule has 1 aliphatic carbocycles. The van der Waals surface area contributed by atoms with Gasteiger partial charge < -0.3 is 5.32 Å². The van der Waals surface area contributed by atoms with Crippen LogP contribution in [0.1, 0.15) is 52.5 Å². The zero-order valence-electron chi connectivity index (χ0n) is 15.7. The summed E-state index contributed by atoms with van der Waals surface area (Å²) in [6, 6.07) is 9.53. The number of hydrazine groups is 1. The lowest BCUT2D eigenvalue weighted by molar-refractivity contribution is -0.119. The summed E-state index contributed by atoms with van der Waals surface area (Å²) in [5.74, 6) is -1.06. The van der Waals surface area contributed by atoms with Crippen molar-refractivity contribution in [3.8, 4) is 0 Å². The van der Waals surface area contributed by atoms with E-state index in [0.29, 0.717) is 10.6 Å². The fourth-order valence-corrected chi connectivity index (χ4v) is 4.46. The Balaban J connectivity index is 1.82. The second kappa shape index (κ2) is 9.32. The molecule has 3 amide bonds. The quantitative estimate of drug-likeness (QED) is 0.419. The molecular formula is C21H23N3O3S. The van der Waals surface area contributed by atoms with E-state index in [1.54, 1.807) is 6.08 Å². The van der Waals surface area contributed by atoms with Crippen molar-refractivity contribution in [3.63, 3.8) is 0 Å². The van der Waals surface area contributed by atoms with Crippen LogP contribution >= 0.6 is 11.3 Å². The molecule has 28 heavy (non-hydrogen) atoms. The van der Waals surface area contributed by atoms with Gasteiger partial charge in [-0.25, -0.2) is 0 Å². The van der Waals surface area contributed by atoms with E-state index in [1.165, 1.54) is 24.3 Å². The molecule has 2 aromatic rings. The third-order valence-electron chi connectivity index (χ3n) is 4.46. The first kappa shape index (κ1) is 19.8. The van der Waals surface area contributed by atoms with Gasteiger partial charge in [0.2, 0.25) is 11.8 Å². The third-order valence-corrected chi connectivity index (χ3v) is 5.67. The van der Waals surface area contributed by atoms with Crippen molar-refractivity contribution in [3.05, 3.63) is 58.0 Å². The van der Waals surface area contributed by atoms with Gasteiger partial charge in [-0.3, -0.25) is 25.2 Å². The fraction of sp³-hybridized carbons (Fsp3) is 0.286. The molecule has 1 aliphatic rings. The van der Waals surface area contributed by atoms with E-state index in [9.17, 15) is 14.4 Å². The Kier molecular flexibility index (Phi) is 6.60. The number of thiophene rings is 1. The molecule has 0 aliphatic heterocycles. The van der Waals surface area contributed by atoms with E-state index in [1.807, 2.05) is 30.3 Å². The van der Waals surface area contributed by atoms with Gasteiger partial charge in [-0.1, -0.05) is 36.8 Å². The van der Waals surface area contributed by atoms with E-state index < -0.39 is 5.91 Å². The normalized spacial score (nSPS) is 13.5. The molecule has 0 fully saturated rings. The molecule has 3 rings (SSSR count). The minimum atomic E-state index is -0.406. The largest absolute Gasteiger partial charge is 0.313 e. The van der Waals surface area contributed by atoms with E-state index in [-0.39, 0.29) is 11.8 Å². The van der Waals surface area contributed by atoms with Crippen LogP contribution in [-0.2, 0) is 22.4 Å². The second-order valence-electron chi connectivity index (χ2n) is 6.64. The van der Waals surface area contributed by atoms with Crippen LogP contribution in [0, 0.1) is 0 Å². The number of aryl methyl sites for hydroxylation is 1. The molecule has 1 aromatic carbocycles. The molecule has 0 atom stereocenters. The number of nitrogens with one attached hydrogen (secondary N) is 3. The van der Waals surface area contributed by atoms with Crippen molar-refractivity contribution in [1.29, 1.82) is 0 Å². The summed E-state index contributed by atoms with van der Waals surface area (Å²) in [4.78, 5) is 37.4. The van der Waals surface area contributed by atoms with Gasteiger partial charge in [-0.2, -0.15) is 0 Å². The zero-order valence-corrected chi connectivity index (χ0v) is 16.5. The van der Waals surface area contributed by atoms with Crippen LogP contribution < -0.4 is 16.2 Å². The van der Waals surface area contributed by atoms with Crippen molar-refractivity contribution >= 4 is 40.1 Å². The molecule has 0 radical (unpaired) electrons. The highest BCUT2D eigenvalue weighted by atomic mass is 32.1. The molecule has 6 nitrogen and oxygen atoms in total. The lowest BCUT2D eigenvalue weighted by Crippen LogP contribution is -2.40. The molecule has 0 spiro atoms. The van der Waals surface area contributed by atoms with Crippen LogP contribution in [0.15, 0.2) is 36.4 Å². The van der Waals surface area contributed by atoms with E-state index in [2.05, 4.69) is 16.2 Å². The SMILES string of the molecule is CC(=O)NNC(=O)c1c(NC(=O)/C=C/c2ccccc2)sc2c1CCCCC2. The Hall–Kier alpha value is -2.93. The van der Waals surface area contributed by atoms with Gasteiger partial charge in [0.15, 0.2) is 0 Å². The first-order valence-electron chi connectivity index (χ1n) is 9.30. The van der Waals surface area contributed by atoms with Crippen LogP contribution in [0.25, 0.3) is 6.08 Å². The predicted molar refractivity (Wildman–Crippen MR) is 111 cm³/mol. The fourth-order valence-electron chi connectivity index (χ4n) is 3.17. The molecule has 146 valence electrons. The van der Waals surface area contributed by atoms with Crippen LogP contribution in [0.2, 0.25) is 0 Å². The monoisotopic (exact) mass is 397 g/mol. The summed E-state index contributed by atoms with van der Waals surface area (Å²) in [5, 5.41) is 3.37. The molecule has 3 N–H and O–H groups in total. The number of carbonyl (C=O) groups excluding carboxylic acids is 3. The summed E-state index contributed by atoms with van der Waals surface area (Å²) < 4.78 is 0. The van der Waals surface area contributed by atoms with Crippen molar-refractivity contribution in [2.75, 3.05) is 5.32 Å². The number of hydrogen-bond acceptors (Lipinski definition) is 4. The van der Waals surface area contributed by atoms with Crippen LogP contribution in [0.5, 0.6) is 0 Å². The van der Waals surface area contributed by atoms with Crippen molar-refractivity contribution in [2.24, 2.45) is 0 Å². The predicted octanol–water partition coefficient (Wildman–Crippen LogP) is 3.45. The summed E-state index contributed by atoms with van der Waals surface area (Å²) in [6.07, 6.45) is 8.07. The van der Waals surface area contributed by atoms with Crippen molar-refractivity contribution < 1.29 is 14.4 Å². The van der Waals surface area contributed by atoms with Crippen LogP contribution in [0.3, 0.4) is 0 Å². The van der Waals surface area contributed by atoms with Gasteiger partial charge in [0, 0.05) is 17.9 Å². The average molecular weight is 398 g/mol. The Bertz CT molecular complexity index is 903. The minimum Gasteiger partial charge on any atom is -0.313 e. The summed E-state index contributed by atoms with van der Waals surface area (Å²) in [6.45, 7) is 1.32. The number of benzene rings is 1. The number of hydrogen-bond donors (Lipinski definition) is 3. The van der Waals surface area contributed by atoms with E-state index >= 15 is 0 Å². The van der Waals surface area contributed by atoms with Gasteiger partial charge in [0.25, 0.3) is 5.91 Å². The zero-order chi connectivity index (χ0) is 19.9. The van der Waals surface area contributed by atoms with Gasteiger partial charge in [0.1, 0.15) is 5.00 Å². The van der Waals surface area contributed by atoms with Crippen LogP contribution in [-0.4, -0.2) is 17.7 Å².